The number of aromatic nitrogens is 1. The molecule has 0 aliphatic heterocycles. The zero-order valence-electron chi connectivity index (χ0n) is 13.3. The highest BCUT2D eigenvalue weighted by Crippen LogP contribution is 2.17. The fraction of sp³-hybridized carbons (Fsp3) is 0.222. The van der Waals surface area contributed by atoms with Crippen molar-refractivity contribution in [3.05, 3.63) is 58.3 Å². The first-order chi connectivity index (χ1) is 10.7. The van der Waals surface area contributed by atoms with Gasteiger partial charge in [0.1, 0.15) is 0 Å². The number of rotatable bonds is 1. The van der Waals surface area contributed by atoms with Gasteiger partial charge in [-0.15, -0.1) is 0 Å². The van der Waals surface area contributed by atoms with Gasteiger partial charge in [-0.1, -0.05) is 45.9 Å². The Kier molecular flexibility index (Phi) is 6.32. The van der Waals surface area contributed by atoms with Crippen molar-refractivity contribution in [2.75, 3.05) is 0 Å². The molecule has 1 aromatic heterocycles. The first-order valence-electron chi connectivity index (χ1n) is 7.45. The van der Waals surface area contributed by atoms with Crippen molar-refractivity contribution in [1.29, 1.82) is 0 Å². The normalized spacial score (nSPS) is 9.45. The highest BCUT2D eigenvalue weighted by Gasteiger charge is 2.12. The Bertz CT molecular complexity index is 834. The number of aromatic amines is 1. The summed E-state index contributed by atoms with van der Waals surface area (Å²) in [4.78, 5) is 26.4. The minimum absolute atomic E-state index is 0.107. The Morgan fingerprint density at radius 2 is 1.50 bits per heavy atom. The molecule has 0 saturated heterocycles. The molecule has 3 rings (SSSR count). The van der Waals surface area contributed by atoms with Crippen LogP contribution in [0, 0.1) is 0 Å². The summed E-state index contributed by atoms with van der Waals surface area (Å²) >= 11 is 0. The molecule has 0 fully saturated rings. The maximum atomic E-state index is 12.2. The molecule has 4 heteroatoms. The van der Waals surface area contributed by atoms with E-state index in [2.05, 4.69) is 4.98 Å². The molecule has 0 aliphatic rings. The van der Waals surface area contributed by atoms with E-state index in [9.17, 15) is 9.59 Å². The number of aromatic carboxylic acids is 1. The van der Waals surface area contributed by atoms with E-state index >= 15 is 0 Å². The van der Waals surface area contributed by atoms with E-state index in [1.165, 1.54) is 6.07 Å². The van der Waals surface area contributed by atoms with Crippen LogP contribution in [0.5, 0.6) is 0 Å². The van der Waals surface area contributed by atoms with Crippen LogP contribution in [-0.4, -0.2) is 16.1 Å². The number of pyridine rings is 1. The number of nitrogens with one attached hydrogen (secondary N) is 1. The predicted molar refractivity (Wildman–Crippen MR) is 91.7 cm³/mol. The molecular formula is C18H21NO3. The number of carboxylic acid groups (broad SMARTS) is 1. The molecule has 0 radical (unpaired) electrons. The first-order valence-corrected chi connectivity index (χ1v) is 7.45. The molecule has 0 aliphatic carbocycles. The number of benzene rings is 2. The van der Waals surface area contributed by atoms with Gasteiger partial charge in [-0.3, -0.25) is 4.79 Å². The average molecular weight is 299 g/mol. The van der Waals surface area contributed by atoms with Crippen molar-refractivity contribution in [2.45, 2.75) is 27.7 Å². The van der Waals surface area contributed by atoms with Gasteiger partial charge in [0.05, 0.1) is 11.1 Å². The minimum atomic E-state index is -1.05. The van der Waals surface area contributed by atoms with Crippen LogP contribution in [0.4, 0.5) is 0 Å². The van der Waals surface area contributed by atoms with Crippen LogP contribution in [0.1, 0.15) is 38.1 Å². The van der Waals surface area contributed by atoms with E-state index in [1.54, 1.807) is 36.4 Å². The third kappa shape index (κ3) is 3.17. The Morgan fingerprint density at radius 3 is 2.14 bits per heavy atom. The van der Waals surface area contributed by atoms with E-state index in [-0.39, 0.29) is 11.0 Å². The van der Waals surface area contributed by atoms with E-state index < -0.39 is 5.97 Å². The summed E-state index contributed by atoms with van der Waals surface area (Å²) in [7, 11) is 0. The number of para-hydroxylation sites is 2. The van der Waals surface area contributed by atoms with Crippen molar-refractivity contribution in [3.63, 3.8) is 0 Å². The van der Waals surface area contributed by atoms with Gasteiger partial charge < -0.3 is 10.1 Å². The molecule has 0 saturated carbocycles. The van der Waals surface area contributed by atoms with Gasteiger partial charge in [0.25, 0.3) is 0 Å². The lowest BCUT2D eigenvalue weighted by molar-refractivity contribution is 0.0699. The Hall–Kier alpha value is -2.62. The molecule has 2 aromatic carbocycles. The molecule has 2 N–H and O–H groups in total. The molecule has 3 aromatic rings. The van der Waals surface area contributed by atoms with Gasteiger partial charge in [-0.05, 0) is 24.3 Å². The van der Waals surface area contributed by atoms with Gasteiger partial charge in [0.2, 0.25) is 0 Å². The molecule has 0 spiro atoms. The van der Waals surface area contributed by atoms with Crippen molar-refractivity contribution in [2.24, 2.45) is 0 Å². The molecule has 0 unspecified atom stereocenters. The summed E-state index contributed by atoms with van der Waals surface area (Å²) in [5.74, 6) is -1.05. The highest BCUT2D eigenvalue weighted by molar-refractivity contribution is 6.04. The van der Waals surface area contributed by atoms with Crippen LogP contribution in [0.3, 0.4) is 0 Å². The molecular weight excluding hydrogens is 278 g/mol. The van der Waals surface area contributed by atoms with E-state index in [1.807, 2.05) is 27.7 Å². The fourth-order valence-electron chi connectivity index (χ4n) is 2.12. The summed E-state index contributed by atoms with van der Waals surface area (Å²) in [5, 5.41) is 10.1. The van der Waals surface area contributed by atoms with Crippen molar-refractivity contribution >= 4 is 27.8 Å². The van der Waals surface area contributed by atoms with Crippen LogP contribution in [0.15, 0.2) is 47.3 Å². The second-order valence-electron chi connectivity index (χ2n) is 4.03. The molecule has 22 heavy (non-hydrogen) atoms. The summed E-state index contributed by atoms with van der Waals surface area (Å²) in [6, 6.07) is 11.8. The lowest BCUT2D eigenvalue weighted by Gasteiger charge is -2.04. The second-order valence-corrected chi connectivity index (χ2v) is 4.03. The molecule has 4 nitrogen and oxygen atoms in total. The Morgan fingerprint density at radius 1 is 0.909 bits per heavy atom. The largest absolute Gasteiger partial charge is 0.478 e. The zero-order valence-corrected chi connectivity index (χ0v) is 13.3. The molecule has 0 amide bonds. The first kappa shape index (κ1) is 17.4. The number of hydrogen-bond acceptors (Lipinski definition) is 2. The number of H-pyrrole nitrogens is 1. The smallest absolute Gasteiger partial charge is 0.337 e. The maximum Gasteiger partial charge on any atom is 0.337 e. The van der Waals surface area contributed by atoms with Gasteiger partial charge in [-0.2, -0.15) is 0 Å². The van der Waals surface area contributed by atoms with Gasteiger partial charge in [0.15, 0.2) is 5.43 Å². The van der Waals surface area contributed by atoms with Crippen LogP contribution in [-0.2, 0) is 0 Å². The van der Waals surface area contributed by atoms with Crippen LogP contribution < -0.4 is 5.43 Å². The summed E-state index contributed by atoms with van der Waals surface area (Å²) < 4.78 is 0. The number of fused-ring (bicyclic) bond motifs is 2. The van der Waals surface area contributed by atoms with Crippen molar-refractivity contribution in [1.82, 2.24) is 4.98 Å². The molecule has 0 bridgehead atoms. The minimum Gasteiger partial charge on any atom is -0.478 e. The summed E-state index contributed by atoms with van der Waals surface area (Å²) in [6.07, 6.45) is 0. The van der Waals surface area contributed by atoms with Gasteiger partial charge in [0, 0.05) is 16.3 Å². The maximum absolute atomic E-state index is 12.2. The standard InChI is InChI=1S/C14H9NO3.2C2H6/c16-13-8-4-1-2-7-11(8)15-12-9(13)5-3-6-10(12)14(17)18;2*1-2/h1-7H,(H,15,16)(H,17,18);2*1-2H3. The summed E-state index contributed by atoms with van der Waals surface area (Å²) in [6.45, 7) is 8.00. The number of carbonyl (C=O) groups is 1. The molecule has 116 valence electrons. The Balaban J connectivity index is 0.000000561. The lowest BCUT2D eigenvalue weighted by atomic mass is 10.1. The Labute approximate surface area is 129 Å². The fourth-order valence-corrected chi connectivity index (χ4v) is 2.12. The van der Waals surface area contributed by atoms with Gasteiger partial charge >= 0.3 is 5.97 Å². The third-order valence-electron chi connectivity index (χ3n) is 2.97. The SMILES string of the molecule is CC.CC.O=C(O)c1cccc2c(=O)c3ccccc3[nH]c12. The monoisotopic (exact) mass is 299 g/mol. The molecule has 1 heterocycles. The highest BCUT2D eigenvalue weighted by atomic mass is 16.4. The second kappa shape index (κ2) is 7.98. The van der Waals surface area contributed by atoms with Crippen molar-refractivity contribution < 1.29 is 9.90 Å². The number of carboxylic acids is 1. The molecule has 0 atom stereocenters. The van der Waals surface area contributed by atoms with Crippen LogP contribution in [0.25, 0.3) is 21.8 Å². The number of hydrogen-bond donors (Lipinski definition) is 2. The topological polar surface area (TPSA) is 70.2 Å². The average Bonchev–Trinajstić information content (AvgIpc) is 2.58. The third-order valence-corrected chi connectivity index (χ3v) is 2.97. The quantitative estimate of drug-likeness (QED) is 0.653. The van der Waals surface area contributed by atoms with Crippen molar-refractivity contribution in [3.8, 4) is 0 Å². The van der Waals surface area contributed by atoms with E-state index in [0.717, 1.165) is 0 Å². The van der Waals surface area contributed by atoms with E-state index in [0.29, 0.717) is 21.8 Å². The van der Waals surface area contributed by atoms with Crippen LogP contribution >= 0.6 is 0 Å². The van der Waals surface area contributed by atoms with E-state index in [4.69, 9.17) is 5.11 Å². The summed E-state index contributed by atoms with van der Waals surface area (Å²) in [5.41, 5.74) is 0.968. The van der Waals surface area contributed by atoms with Gasteiger partial charge in [-0.25, -0.2) is 4.79 Å². The predicted octanol–water partition coefficient (Wildman–Crippen LogP) is 4.43. The lowest BCUT2D eigenvalue weighted by Crippen LogP contribution is -2.07. The van der Waals surface area contributed by atoms with Crippen LogP contribution in [0.2, 0.25) is 0 Å². The zero-order chi connectivity index (χ0) is 16.7.